The first-order valence-electron chi connectivity index (χ1n) is 5.48. The van der Waals surface area contributed by atoms with Gasteiger partial charge in [0.15, 0.2) is 5.82 Å². The van der Waals surface area contributed by atoms with Gasteiger partial charge in [0.05, 0.1) is 0 Å². The van der Waals surface area contributed by atoms with Gasteiger partial charge in [0.2, 0.25) is 0 Å². The third-order valence-electron chi connectivity index (χ3n) is 2.51. The molecule has 0 N–H and O–H groups in total. The van der Waals surface area contributed by atoms with E-state index >= 15 is 0 Å². The molecule has 0 radical (unpaired) electrons. The molecule has 0 fully saturated rings. The van der Waals surface area contributed by atoms with Gasteiger partial charge in [-0.1, -0.05) is 49.2 Å². The molecule has 0 aliphatic heterocycles. The molecule has 0 amide bonds. The molecule has 2 nitrogen and oxygen atoms in total. The molecule has 1 aromatic heterocycles. The molecule has 0 bridgehead atoms. The summed E-state index contributed by atoms with van der Waals surface area (Å²) in [7, 11) is 0. The maximum Gasteiger partial charge on any atom is 0.162 e. The van der Waals surface area contributed by atoms with Crippen LogP contribution in [0.1, 0.15) is 25.3 Å². The van der Waals surface area contributed by atoms with Crippen molar-refractivity contribution >= 4 is 23.2 Å². The molecule has 2 rings (SSSR count). The Morgan fingerprint density at radius 3 is 2.22 bits per heavy atom. The second-order valence-electron chi connectivity index (χ2n) is 4.21. The Labute approximate surface area is 115 Å². The minimum Gasteiger partial charge on any atom is -0.216 e. The molecule has 0 aliphatic rings. The van der Waals surface area contributed by atoms with Crippen LogP contribution in [0.5, 0.6) is 0 Å². The summed E-state index contributed by atoms with van der Waals surface area (Å²) in [5.74, 6) is 0.108. The molecule has 0 aliphatic carbocycles. The van der Waals surface area contributed by atoms with Crippen molar-refractivity contribution in [3.63, 3.8) is 0 Å². The first kappa shape index (κ1) is 13.2. The molecule has 5 heteroatoms. The van der Waals surface area contributed by atoms with Crippen LogP contribution in [0, 0.1) is 5.82 Å². The average Bonchev–Trinajstić information content (AvgIpc) is 2.27. The summed E-state index contributed by atoms with van der Waals surface area (Å²) in [6.45, 7) is 3.91. The van der Waals surface area contributed by atoms with Gasteiger partial charge < -0.3 is 0 Å². The molecule has 1 heterocycles. The Bertz CT molecular complexity index is 562. The van der Waals surface area contributed by atoms with Crippen molar-refractivity contribution in [3.8, 4) is 11.4 Å². The lowest BCUT2D eigenvalue weighted by Crippen LogP contribution is -1.99. The van der Waals surface area contributed by atoms with Crippen LogP contribution in [0.2, 0.25) is 10.3 Å². The number of aromatic nitrogens is 2. The molecule has 0 saturated carbocycles. The summed E-state index contributed by atoms with van der Waals surface area (Å²) < 4.78 is 13.1. The molecule has 1 aromatic carbocycles. The van der Waals surface area contributed by atoms with E-state index < -0.39 is 0 Å². The highest BCUT2D eigenvalue weighted by atomic mass is 35.5. The molecule has 18 heavy (non-hydrogen) atoms. The van der Waals surface area contributed by atoms with Crippen molar-refractivity contribution in [2.75, 3.05) is 0 Å². The Hall–Kier alpha value is -1.19. The van der Waals surface area contributed by atoms with Crippen molar-refractivity contribution < 1.29 is 4.39 Å². The zero-order chi connectivity index (χ0) is 13.3. The van der Waals surface area contributed by atoms with Crippen LogP contribution in [0.4, 0.5) is 4.39 Å². The first-order chi connectivity index (χ1) is 8.49. The van der Waals surface area contributed by atoms with Crippen LogP contribution in [0.25, 0.3) is 11.4 Å². The maximum absolute atomic E-state index is 13.1. The summed E-state index contributed by atoms with van der Waals surface area (Å²) in [4.78, 5) is 8.34. The highest BCUT2D eigenvalue weighted by Gasteiger charge is 2.15. The lowest BCUT2D eigenvalue weighted by Gasteiger charge is -2.10. The average molecular weight is 285 g/mol. The third kappa shape index (κ3) is 2.62. The van der Waals surface area contributed by atoms with Crippen molar-refractivity contribution in [2.24, 2.45) is 0 Å². The van der Waals surface area contributed by atoms with E-state index in [1.165, 1.54) is 12.1 Å². The molecule has 0 unspecified atom stereocenters. The fraction of sp³-hybridized carbons (Fsp3) is 0.231. The van der Waals surface area contributed by atoms with E-state index in [1.54, 1.807) is 12.1 Å². The summed E-state index contributed by atoms with van der Waals surface area (Å²) in [5, 5.41) is 0.619. The largest absolute Gasteiger partial charge is 0.216 e. The predicted molar refractivity (Wildman–Crippen MR) is 71.5 cm³/mol. The zero-order valence-electron chi connectivity index (χ0n) is 9.92. The fourth-order valence-corrected chi connectivity index (χ4v) is 2.47. The number of benzene rings is 1. The normalized spacial score (nSPS) is 11.0. The third-order valence-corrected chi connectivity index (χ3v) is 3.09. The lowest BCUT2D eigenvalue weighted by molar-refractivity contribution is 0.628. The maximum atomic E-state index is 13.1. The van der Waals surface area contributed by atoms with E-state index in [2.05, 4.69) is 9.97 Å². The fourth-order valence-electron chi connectivity index (χ4n) is 1.65. The Morgan fingerprint density at radius 1 is 1.11 bits per heavy atom. The van der Waals surface area contributed by atoms with Crippen LogP contribution in [0.3, 0.4) is 0 Å². The summed E-state index contributed by atoms with van der Waals surface area (Å²) >= 11 is 12.2. The van der Waals surface area contributed by atoms with Gasteiger partial charge in [-0.15, -0.1) is 0 Å². The number of nitrogens with zero attached hydrogens (tertiary/aromatic N) is 2. The van der Waals surface area contributed by atoms with Gasteiger partial charge in [-0.2, -0.15) is 0 Å². The van der Waals surface area contributed by atoms with Crippen LogP contribution in [-0.2, 0) is 0 Å². The Morgan fingerprint density at radius 2 is 1.72 bits per heavy atom. The van der Waals surface area contributed by atoms with Crippen molar-refractivity contribution in [3.05, 3.63) is 46.0 Å². The first-order valence-corrected chi connectivity index (χ1v) is 6.23. The zero-order valence-corrected chi connectivity index (χ0v) is 11.4. The molecule has 94 valence electrons. The van der Waals surface area contributed by atoms with E-state index in [0.29, 0.717) is 27.3 Å². The topological polar surface area (TPSA) is 25.8 Å². The quantitative estimate of drug-likeness (QED) is 0.746. The van der Waals surface area contributed by atoms with Gasteiger partial charge in [-0.25, -0.2) is 14.4 Å². The van der Waals surface area contributed by atoms with E-state index in [-0.39, 0.29) is 11.7 Å². The summed E-state index contributed by atoms with van der Waals surface area (Å²) in [6.07, 6.45) is 0. The molecular formula is C13H11Cl2FN2. The van der Waals surface area contributed by atoms with E-state index in [4.69, 9.17) is 23.2 Å². The summed E-state index contributed by atoms with van der Waals surface area (Å²) in [6, 6.07) is 6.00. The van der Waals surface area contributed by atoms with E-state index in [1.807, 2.05) is 13.8 Å². The second-order valence-corrected chi connectivity index (χ2v) is 4.92. The van der Waals surface area contributed by atoms with Crippen molar-refractivity contribution in [1.29, 1.82) is 0 Å². The van der Waals surface area contributed by atoms with Crippen LogP contribution in [-0.4, -0.2) is 9.97 Å². The van der Waals surface area contributed by atoms with Gasteiger partial charge in [0.25, 0.3) is 0 Å². The van der Waals surface area contributed by atoms with Gasteiger partial charge in [-0.05, 0) is 18.1 Å². The lowest BCUT2D eigenvalue weighted by atomic mass is 10.1. The van der Waals surface area contributed by atoms with Gasteiger partial charge in [0.1, 0.15) is 16.1 Å². The van der Waals surface area contributed by atoms with Crippen LogP contribution in [0.15, 0.2) is 24.3 Å². The monoisotopic (exact) mass is 284 g/mol. The van der Waals surface area contributed by atoms with E-state index in [0.717, 1.165) is 0 Å². The molecule has 0 saturated heterocycles. The minimum absolute atomic E-state index is 0.131. The highest BCUT2D eigenvalue weighted by molar-refractivity contribution is 6.34. The van der Waals surface area contributed by atoms with Crippen LogP contribution >= 0.6 is 23.2 Å². The van der Waals surface area contributed by atoms with Gasteiger partial charge >= 0.3 is 0 Å². The number of halogens is 3. The number of rotatable bonds is 2. The highest BCUT2D eigenvalue weighted by Crippen LogP contribution is 2.31. The van der Waals surface area contributed by atoms with E-state index in [9.17, 15) is 4.39 Å². The smallest absolute Gasteiger partial charge is 0.162 e. The predicted octanol–water partition coefficient (Wildman–Crippen LogP) is 4.71. The van der Waals surface area contributed by atoms with Crippen LogP contribution < -0.4 is 0 Å². The standard InChI is InChI=1S/C13H11Cl2FN2/c1-7(2)10-11(14)17-13(18-12(10)15)8-4-3-5-9(16)6-8/h3-7H,1-2H3. The Balaban J connectivity index is 2.55. The Kier molecular flexibility index (Phi) is 3.83. The second kappa shape index (κ2) is 5.21. The molecule has 0 spiro atoms. The molecular weight excluding hydrogens is 274 g/mol. The van der Waals surface area contributed by atoms with Gasteiger partial charge in [-0.3, -0.25) is 0 Å². The SMILES string of the molecule is CC(C)c1c(Cl)nc(-c2cccc(F)c2)nc1Cl. The molecule has 2 aromatic rings. The summed E-state index contributed by atoms with van der Waals surface area (Å²) in [5.41, 5.74) is 1.26. The molecule has 0 atom stereocenters. The van der Waals surface area contributed by atoms with Crippen molar-refractivity contribution in [2.45, 2.75) is 19.8 Å². The minimum atomic E-state index is -0.351. The number of hydrogen-bond donors (Lipinski definition) is 0. The van der Waals surface area contributed by atoms with Crippen molar-refractivity contribution in [1.82, 2.24) is 9.97 Å². The van der Waals surface area contributed by atoms with Gasteiger partial charge in [0, 0.05) is 11.1 Å². The number of hydrogen-bond acceptors (Lipinski definition) is 2.